The first kappa shape index (κ1) is 17.8. The van der Waals surface area contributed by atoms with E-state index < -0.39 is 0 Å². The van der Waals surface area contributed by atoms with E-state index in [4.69, 9.17) is 27.6 Å². The maximum atomic E-state index is 12.7. The number of aliphatic hydroxyl groups excluding tert-OH is 1. The lowest BCUT2D eigenvalue weighted by Crippen LogP contribution is -2.00. The summed E-state index contributed by atoms with van der Waals surface area (Å²) < 4.78 is 5.80. The van der Waals surface area contributed by atoms with E-state index >= 15 is 0 Å². The second kappa shape index (κ2) is 7.20. The van der Waals surface area contributed by atoms with Crippen molar-refractivity contribution in [3.63, 3.8) is 0 Å². The molecule has 0 bridgehead atoms. The van der Waals surface area contributed by atoms with Gasteiger partial charge >= 0.3 is 0 Å². The van der Waals surface area contributed by atoms with Gasteiger partial charge in [-0.15, -0.1) is 0 Å². The van der Waals surface area contributed by atoms with E-state index in [2.05, 4.69) is 0 Å². The molecule has 0 fully saturated rings. The third-order valence-electron chi connectivity index (χ3n) is 4.36. The smallest absolute Gasteiger partial charge is 0.229 e. The van der Waals surface area contributed by atoms with Gasteiger partial charge in [-0.3, -0.25) is 4.79 Å². The van der Waals surface area contributed by atoms with Gasteiger partial charge in [-0.05, 0) is 53.1 Å². The molecule has 0 saturated heterocycles. The highest BCUT2D eigenvalue weighted by Crippen LogP contribution is 2.30. The summed E-state index contributed by atoms with van der Waals surface area (Å²) in [6.07, 6.45) is 0. The fraction of sp³-hybridized carbons (Fsp3) is 0.0455. The molecule has 5 heteroatoms. The van der Waals surface area contributed by atoms with E-state index in [0.29, 0.717) is 16.2 Å². The molecule has 0 spiro atoms. The average molecular weight is 397 g/mol. The lowest BCUT2D eigenvalue weighted by Gasteiger charge is -2.03. The lowest BCUT2D eigenvalue weighted by molar-refractivity contribution is 0.101. The molecule has 3 nitrogen and oxygen atoms in total. The third kappa shape index (κ3) is 3.50. The number of halogens is 2. The van der Waals surface area contributed by atoms with E-state index in [1.807, 2.05) is 42.5 Å². The Morgan fingerprint density at radius 1 is 0.926 bits per heavy atom. The standard InChI is InChI=1S/C22H14Cl2O3/c23-17-6-7-18(19(24)11-17)22(26)21-10-16-5-4-15(9-20(16)27-21)14-3-1-2-13(8-14)12-25/h1-11,25H,12H2. The molecule has 0 aliphatic rings. The van der Waals surface area contributed by atoms with Gasteiger partial charge in [0, 0.05) is 16.0 Å². The highest BCUT2D eigenvalue weighted by atomic mass is 35.5. The van der Waals surface area contributed by atoms with Crippen LogP contribution in [0.4, 0.5) is 0 Å². The Morgan fingerprint density at radius 3 is 2.52 bits per heavy atom. The summed E-state index contributed by atoms with van der Waals surface area (Å²) >= 11 is 12.0. The first-order valence-corrected chi connectivity index (χ1v) is 9.04. The Morgan fingerprint density at radius 2 is 1.74 bits per heavy atom. The number of hydrogen-bond donors (Lipinski definition) is 1. The maximum absolute atomic E-state index is 12.7. The van der Waals surface area contributed by atoms with E-state index in [9.17, 15) is 9.90 Å². The molecular formula is C22H14Cl2O3. The summed E-state index contributed by atoms with van der Waals surface area (Å²) in [5.41, 5.74) is 3.69. The molecule has 134 valence electrons. The quantitative estimate of drug-likeness (QED) is 0.422. The van der Waals surface area contributed by atoms with Gasteiger partial charge in [-0.25, -0.2) is 0 Å². The van der Waals surface area contributed by atoms with Gasteiger partial charge in [0.1, 0.15) is 5.58 Å². The zero-order valence-corrected chi connectivity index (χ0v) is 15.6. The summed E-state index contributed by atoms with van der Waals surface area (Å²) in [4.78, 5) is 12.7. The number of furan rings is 1. The molecule has 1 N–H and O–H groups in total. The van der Waals surface area contributed by atoms with Gasteiger partial charge in [0.15, 0.2) is 5.76 Å². The molecule has 0 atom stereocenters. The van der Waals surface area contributed by atoms with Crippen LogP contribution in [0.5, 0.6) is 0 Å². The van der Waals surface area contributed by atoms with E-state index in [0.717, 1.165) is 22.1 Å². The van der Waals surface area contributed by atoms with Crippen LogP contribution in [0.3, 0.4) is 0 Å². The van der Waals surface area contributed by atoms with Crippen molar-refractivity contribution < 1.29 is 14.3 Å². The SMILES string of the molecule is O=C(c1cc2ccc(-c3cccc(CO)c3)cc2o1)c1ccc(Cl)cc1Cl. The summed E-state index contributed by atoms with van der Waals surface area (Å²) in [6.45, 7) is -0.0165. The van der Waals surface area contributed by atoms with Crippen LogP contribution in [0.1, 0.15) is 21.7 Å². The van der Waals surface area contributed by atoms with Gasteiger partial charge in [0.25, 0.3) is 0 Å². The average Bonchev–Trinajstić information content (AvgIpc) is 3.11. The molecule has 0 radical (unpaired) electrons. The van der Waals surface area contributed by atoms with Crippen molar-refractivity contribution in [1.29, 1.82) is 0 Å². The van der Waals surface area contributed by atoms with Crippen LogP contribution in [-0.2, 0) is 6.61 Å². The Hall–Kier alpha value is -2.59. The van der Waals surface area contributed by atoms with Crippen molar-refractivity contribution in [3.05, 3.63) is 93.7 Å². The van der Waals surface area contributed by atoms with Gasteiger partial charge < -0.3 is 9.52 Å². The molecule has 1 heterocycles. The van der Waals surface area contributed by atoms with Crippen LogP contribution in [0.2, 0.25) is 10.0 Å². The van der Waals surface area contributed by atoms with E-state index in [1.165, 1.54) is 6.07 Å². The molecule has 0 unspecified atom stereocenters. The van der Waals surface area contributed by atoms with Gasteiger partial charge in [-0.2, -0.15) is 0 Å². The Kier molecular flexibility index (Phi) is 4.75. The fourth-order valence-corrected chi connectivity index (χ4v) is 3.47. The number of carbonyl (C=O) groups excluding carboxylic acids is 1. The number of ketones is 1. The van der Waals surface area contributed by atoms with Crippen molar-refractivity contribution in [3.8, 4) is 11.1 Å². The van der Waals surface area contributed by atoms with Crippen molar-refractivity contribution in [2.24, 2.45) is 0 Å². The minimum absolute atomic E-state index is 0.0165. The zero-order valence-electron chi connectivity index (χ0n) is 14.1. The molecule has 3 aromatic carbocycles. The molecule has 0 aliphatic heterocycles. The Bertz CT molecular complexity index is 1160. The van der Waals surface area contributed by atoms with Crippen LogP contribution in [0.15, 0.2) is 71.1 Å². The number of rotatable bonds is 4. The van der Waals surface area contributed by atoms with Crippen LogP contribution >= 0.6 is 23.2 Å². The first-order chi connectivity index (χ1) is 13.0. The molecule has 4 rings (SSSR count). The van der Waals surface area contributed by atoms with Crippen LogP contribution in [-0.4, -0.2) is 10.9 Å². The molecule has 0 amide bonds. The van der Waals surface area contributed by atoms with Crippen LogP contribution in [0, 0.1) is 0 Å². The monoisotopic (exact) mass is 396 g/mol. The van der Waals surface area contributed by atoms with Crippen molar-refractivity contribution in [1.82, 2.24) is 0 Å². The molecule has 27 heavy (non-hydrogen) atoms. The molecule has 0 saturated carbocycles. The summed E-state index contributed by atoms with van der Waals surface area (Å²) in [5, 5.41) is 10.9. The molecule has 0 aliphatic carbocycles. The largest absolute Gasteiger partial charge is 0.453 e. The number of hydrogen-bond acceptors (Lipinski definition) is 3. The normalized spacial score (nSPS) is 11.1. The predicted octanol–water partition coefficient (Wildman–Crippen LogP) is 6.13. The molecule has 1 aromatic heterocycles. The van der Waals surface area contributed by atoms with Gasteiger partial charge in [0.2, 0.25) is 5.78 Å². The lowest BCUT2D eigenvalue weighted by atomic mass is 10.0. The highest BCUT2D eigenvalue weighted by Gasteiger charge is 2.18. The molecular weight excluding hydrogens is 383 g/mol. The summed E-state index contributed by atoms with van der Waals surface area (Å²) in [5.74, 6) is -0.0767. The van der Waals surface area contributed by atoms with E-state index in [-0.39, 0.29) is 23.2 Å². The minimum atomic E-state index is -0.295. The van der Waals surface area contributed by atoms with Crippen molar-refractivity contribution in [2.75, 3.05) is 0 Å². The Balaban J connectivity index is 1.73. The third-order valence-corrected chi connectivity index (χ3v) is 4.91. The summed E-state index contributed by atoms with van der Waals surface area (Å²) in [7, 11) is 0. The number of benzene rings is 3. The number of carbonyl (C=O) groups is 1. The highest BCUT2D eigenvalue weighted by molar-refractivity contribution is 6.37. The van der Waals surface area contributed by atoms with Crippen molar-refractivity contribution in [2.45, 2.75) is 6.61 Å². The van der Waals surface area contributed by atoms with Crippen LogP contribution in [0.25, 0.3) is 22.1 Å². The topological polar surface area (TPSA) is 50.4 Å². The molecule has 4 aromatic rings. The Labute approximate surface area is 165 Å². The minimum Gasteiger partial charge on any atom is -0.453 e. The van der Waals surface area contributed by atoms with Crippen molar-refractivity contribution >= 4 is 40.0 Å². The second-order valence-corrected chi connectivity index (χ2v) is 7.02. The number of fused-ring (bicyclic) bond motifs is 1. The number of aliphatic hydroxyl groups is 1. The van der Waals surface area contributed by atoms with Gasteiger partial charge in [0.05, 0.1) is 11.6 Å². The summed E-state index contributed by atoms with van der Waals surface area (Å²) in [6, 6.07) is 19.8. The maximum Gasteiger partial charge on any atom is 0.229 e. The second-order valence-electron chi connectivity index (χ2n) is 6.18. The first-order valence-electron chi connectivity index (χ1n) is 8.28. The zero-order chi connectivity index (χ0) is 19.0. The predicted molar refractivity (Wildman–Crippen MR) is 107 cm³/mol. The van der Waals surface area contributed by atoms with Crippen LogP contribution < -0.4 is 0 Å². The van der Waals surface area contributed by atoms with E-state index in [1.54, 1.807) is 18.2 Å². The fourth-order valence-electron chi connectivity index (χ4n) is 2.98. The van der Waals surface area contributed by atoms with Gasteiger partial charge in [-0.1, -0.05) is 53.5 Å².